The topological polar surface area (TPSA) is 37.3 Å². The van der Waals surface area contributed by atoms with E-state index in [9.17, 15) is 0 Å². The normalized spacial score (nSPS) is 2.40. The maximum absolute atomic E-state index is 8.36. The molecule has 4 heteroatoms. The molecule has 0 atom stereocenters. The fourth-order valence-corrected chi connectivity index (χ4v) is 0. The third kappa shape index (κ3) is 20.2. The van der Waals surface area contributed by atoms with Gasteiger partial charge in [0.25, 0.3) is 6.47 Å². The number of hydrogen-bond donors (Lipinski definition) is 1. The Balaban J connectivity index is -0.0000000200. The molecule has 1 N–H and O–H groups in total. The van der Waals surface area contributed by atoms with Crippen LogP contribution in [0.15, 0.2) is 0 Å². The van der Waals surface area contributed by atoms with Gasteiger partial charge in [0.2, 0.25) is 0 Å². The van der Waals surface area contributed by atoms with Crippen molar-refractivity contribution < 1.29 is 9.90 Å². The van der Waals surface area contributed by atoms with Crippen LogP contribution in [0.4, 0.5) is 0 Å². The number of rotatable bonds is 0. The molecule has 0 fully saturated rings. The van der Waals surface area contributed by atoms with E-state index in [1.54, 1.807) is 0 Å². The molecule has 0 aromatic carbocycles. The van der Waals surface area contributed by atoms with Crippen LogP contribution in [0.5, 0.6) is 0 Å². The Bertz CT molecular complexity index is 15.1. The molecule has 0 heterocycles. The van der Waals surface area contributed by atoms with E-state index in [1.807, 2.05) is 0 Å². The van der Waals surface area contributed by atoms with Crippen LogP contribution in [0.1, 0.15) is 0 Å². The van der Waals surface area contributed by atoms with Gasteiger partial charge in [-0.05, 0) is 0 Å². The molecule has 0 aliphatic rings. The van der Waals surface area contributed by atoms with E-state index >= 15 is 0 Å². The van der Waals surface area contributed by atoms with Crippen molar-refractivity contribution in [1.82, 2.24) is 0 Å². The molecule has 5 heavy (non-hydrogen) atoms. The van der Waals surface area contributed by atoms with Crippen LogP contribution in [0.2, 0.25) is 0 Å². The zero-order valence-corrected chi connectivity index (χ0v) is 1.43. The molecule has 0 spiro atoms. The summed E-state index contributed by atoms with van der Waals surface area (Å²) in [4.78, 5) is 8.36. The van der Waals surface area contributed by atoms with Gasteiger partial charge in [-0.2, -0.15) is 0 Å². The minimum atomic E-state index is -0.250. The molecule has 0 bridgehead atoms. The standard InChI is InChI=1S/CH2O2.2K.2H/c2-1-3;;;;/h1H,(H,2,3);;;;. The zero-order chi connectivity index (χ0) is 2.71. The van der Waals surface area contributed by atoms with E-state index in [0.717, 1.165) is 0 Å². The van der Waals surface area contributed by atoms with Gasteiger partial charge >= 0.3 is 103 Å². The molecule has 0 aromatic rings. The van der Waals surface area contributed by atoms with Gasteiger partial charge < -0.3 is 5.11 Å². The molecule has 2 nitrogen and oxygen atoms in total. The summed E-state index contributed by atoms with van der Waals surface area (Å²) >= 11 is 0. The summed E-state index contributed by atoms with van der Waals surface area (Å²) in [6, 6.07) is 0. The molecule has 0 radical (unpaired) electrons. The van der Waals surface area contributed by atoms with Gasteiger partial charge in [0.15, 0.2) is 0 Å². The minimum absolute atomic E-state index is 0. The first kappa shape index (κ1) is 15.6. The third-order valence-electron chi connectivity index (χ3n) is 0. The third-order valence-corrected chi connectivity index (χ3v) is 0. The molecule has 0 aliphatic carbocycles. The molecule has 0 saturated heterocycles. The van der Waals surface area contributed by atoms with Crippen LogP contribution in [-0.2, 0) is 4.79 Å². The Labute approximate surface area is 116 Å². The zero-order valence-electron chi connectivity index (χ0n) is 1.43. The van der Waals surface area contributed by atoms with Gasteiger partial charge in [-0.1, -0.05) is 0 Å². The quantitative estimate of drug-likeness (QED) is 0.314. The molecule has 0 aromatic heterocycles. The Kier molecular flexibility index (Phi) is 49.7. The number of carbonyl (C=O) groups is 1. The van der Waals surface area contributed by atoms with Crippen molar-refractivity contribution in [2.75, 3.05) is 0 Å². The summed E-state index contributed by atoms with van der Waals surface area (Å²) in [6.07, 6.45) is 0. The van der Waals surface area contributed by atoms with E-state index in [0.29, 0.717) is 0 Å². The first-order valence-corrected chi connectivity index (χ1v) is 0.494. The summed E-state index contributed by atoms with van der Waals surface area (Å²) in [5.41, 5.74) is 0. The summed E-state index contributed by atoms with van der Waals surface area (Å²) in [7, 11) is 0. The van der Waals surface area contributed by atoms with Crippen LogP contribution in [0, 0.1) is 0 Å². The van der Waals surface area contributed by atoms with E-state index < -0.39 is 0 Å². The van der Waals surface area contributed by atoms with Gasteiger partial charge in [0.1, 0.15) is 0 Å². The van der Waals surface area contributed by atoms with Crippen molar-refractivity contribution in [1.29, 1.82) is 0 Å². The average molecular weight is 126 g/mol. The Morgan fingerprint density at radius 2 is 1.40 bits per heavy atom. The van der Waals surface area contributed by atoms with Crippen LogP contribution in [0.25, 0.3) is 0 Å². The molecule has 0 amide bonds. The summed E-state index contributed by atoms with van der Waals surface area (Å²) in [5.74, 6) is 0. The predicted octanol–water partition coefficient (Wildman–Crippen LogP) is -1.60. The van der Waals surface area contributed by atoms with Crippen LogP contribution >= 0.6 is 0 Å². The molecular weight excluding hydrogens is 122 g/mol. The van der Waals surface area contributed by atoms with Crippen LogP contribution in [0.3, 0.4) is 0 Å². The van der Waals surface area contributed by atoms with Gasteiger partial charge in [-0.3, -0.25) is 4.79 Å². The van der Waals surface area contributed by atoms with E-state index in [2.05, 4.69) is 0 Å². The number of hydrogen-bond acceptors (Lipinski definition) is 1. The fourth-order valence-electron chi connectivity index (χ4n) is 0. The van der Waals surface area contributed by atoms with Crippen LogP contribution < -0.4 is 0 Å². The summed E-state index contributed by atoms with van der Waals surface area (Å²) in [6.45, 7) is -0.250. The summed E-state index contributed by atoms with van der Waals surface area (Å²) in [5, 5.41) is 6.89. The van der Waals surface area contributed by atoms with Gasteiger partial charge in [0.05, 0.1) is 0 Å². The summed E-state index contributed by atoms with van der Waals surface area (Å²) < 4.78 is 0. The first-order chi connectivity index (χ1) is 1.41. The fraction of sp³-hybridized carbons (Fsp3) is 0. The van der Waals surface area contributed by atoms with Gasteiger partial charge in [-0.25, -0.2) is 0 Å². The van der Waals surface area contributed by atoms with E-state index in [-0.39, 0.29) is 109 Å². The predicted molar refractivity (Wildman–Crippen MR) is 23.0 cm³/mol. The Morgan fingerprint density at radius 1 is 1.40 bits per heavy atom. The van der Waals surface area contributed by atoms with E-state index in [1.165, 1.54) is 0 Å². The SMILES string of the molecule is O=CO.[KH].[KH]. The van der Waals surface area contributed by atoms with Crippen molar-refractivity contribution in [3.8, 4) is 0 Å². The second-order valence-electron chi connectivity index (χ2n) is 0.105. The average Bonchev–Trinajstić information content (AvgIpc) is 0.918. The molecule has 0 saturated carbocycles. The molecular formula is CH4K2O2. The van der Waals surface area contributed by atoms with E-state index in [4.69, 9.17) is 9.90 Å². The molecule has 22 valence electrons. The monoisotopic (exact) mass is 126 g/mol. The van der Waals surface area contributed by atoms with Gasteiger partial charge in [0, 0.05) is 0 Å². The molecule has 0 aliphatic heterocycles. The second kappa shape index (κ2) is 15.9. The first-order valence-electron chi connectivity index (χ1n) is 0.494. The molecule has 0 rings (SSSR count). The Hall–Kier alpha value is 2.74. The van der Waals surface area contributed by atoms with Crippen molar-refractivity contribution in [3.05, 3.63) is 0 Å². The van der Waals surface area contributed by atoms with Crippen molar-refractivity contribution in [2.24, 2.45) is 0 Å². The van der Waals surface area contributed by atoms with Gasteiger partial charge in [-0.15, -0.1) is 0 Å². The van der Waals surface area contributed by atoms with Crippen molar-refractivity contribution >= 4 is 109 Å². The van der Waals surface area contributed by atoms with Crippen molar-refractivity contribution in [3.63, 3.8) is 0 Å². The van der Waals surface area contributed by atoms with Crippen molar-refractivity contribution in [2.45, 2.75) is 0 Å². The maximum atomic E-state index is 8.36. The Morgan fingerprint density at radius 3 is 1.40 bits per heavy atom. The molecule has 0 unspecified atom stereocenters. The second-order valence-corrected chi connectivity index (χ2v) is 0.105. The van der Waals surface area contributed by atoms with Crippen LogP contribution in [-0.4, -0.2) is 114 Å². The number of carboxylic acid groups (broad SMARTS) is 1.